The van der Waals surface area contributed by atoms with Gasteiger partial charge in [0, 0.05) is 6.04 Å². The molecule has 5 atom stereocenters. The highest BCUT2D eigenvalue weighted by atomic mass is 15.2. The summed E-state index contributed by atoms with van der Waals surface area (Å²) < 4.78 is 0. The van der Waals surface area contributed by atoms with E-state index >= 15 is 0 Å². The van der Waals surface area contributed by atoms with Gasteiger partial charge < -0.3 is 0 Å². The van der Waals surface area contributed by atoms with Crippen LogP contribution in [0.3, 0.4) is 0 Å². The standard InChI is InChI=1S/C15H28N2/c1-9-3-10(2)5-13(4-9)15(17-16)14-7-11-6-12(11)8-14/h9-15,17H,3-8,16H2,1-2H3. The Morgan fingerprint density at radius 3 is 1.88 bits per heavy atom. The van der Waals surface area contributed by atoms with Crippen LogP contribution in [0.15, 0.2) is 0 Å². The Morgan fingerprint density at radius 1 is 0.824 bits per heavy atom. The fourth-order valence-electron chi connectivity index (χ4n) is 5.01. The number of hydrogen-bond acceptors (Lipinski definition) is 2. The van der Waals surface area contributed by atoms with Crippen LogP contribution in [0.25, 0.3) is 0 Å². The van der Waals surface area contributed by atoms with Crippen molar-refractivity contribution < 1.29 is 0 Å². The van der Waals surface area contributed by atoms with Crippen molar-refractivity contribution in [2.24, 2.45) is 41.4 Å². The van der Waals surface area contributed by atoms with Crippen LogP contribution >= 0.6 is 0 Å². The molecular formula is C15H28N2. The van der Waals surface area contributed by atoms with E-state index in [4.69, 9.17) is 5.84 Å². The Bertz CT molecular complexity index is 258. The third-order valence-corrected chi connectivity index (χ3v) is 5.70. The molecule has 2 nitrogen and oxygen atoms in total. The molecule has 3 aliphatic carbocycles. The molecule has 0 spiro atoms. The number of nitrogens with one attached hydrogen (secondary N) is 1. The molecule has 3 N–H and O–H groups in total. The summed E-state index contributed by atoms with van der Waals surface area (Å²) in [5.41, 5.74) is 3.20. The minimum Gasteiger partial charge on any atom is -0.271 e. The van der Waals surface area contributed by atoms with Crippen molar-refractivity contribution in [3.63, 3.8) is 0 Å². The van der Waals surface area contributed by atoms with Crippen LogP contribution < -0.4 is 11.3 Å². The van der Waals surface area contributed by atoms with E-state index < -0.39 is 0 Å². The van der Waals surface area contributed by atoms with E-state index in [9.17, 15) is 0 Å². The molecule has 0 aromatic carbocycles. The van der Waals surface area contributed by atoms with Crippen LogP contribution in [-0.2, 0) is 0 Å². The van der Waals surface area contributed by atoms with Gasteiger partial charge in [0.2, 0.25) is 0 Å². The Kier molecular flexibility index (Phi) is 3.20. The second-order valence-corrected chi connectivity index (χ2v) is 7.36. The van der Waals surface area contributed by atoms with Gasteiger partial charge in [-0.3, -0.25) is 11.3 Å². The summed E-state index contributed by atoms with van der Waals surface area (Å²) >= 11 is 0. The van der Waals surface area contributed by atoms with Crippen LogP contribution in [0.5, 0.6) is 0 Å². The first-order chi connectivity index (χ1) is 8.17. The summed E-state index contributed by atoms with van der Waals surface area (Å²) in [6.45, 7) is 4.84. The maximum absolute atomic E-state index is 5.88. The quantitative estimate of drug-likeness (QED) is 0.584. The first-order valence-corrected chi connectivity index (χ1v) is 7.63. The van der Waals surface area contributed by atoms with E-state index in [-0.39, 0.29) is 0 Å². The summed E-state index contributed by atoms with van der Waals surface area (Å²) in [7, 11) is 0. The second-order valence-electron chi connectivity index (χ2n) is 7.36. The molecule has 3 aliphatic rings. The number of hydrazine groups is 1. The predicted molar refractivity (Wildman–Crippen MR) is 71.1 cm³/mol. The van der Waals surface area contributed by atoms with Gasteiger partial charge in [-0.1, -0.05) is 13.8 Å². The lowest BCUT2D eigenvalue weighted by atomic mass is 9.70. The smallest absolute Gasteiger partial charge is 0.0267 e. The van der Waals surface area contributed by atoms with Gasteiger partial charge in [-0.05, 0) is 74.0 Å². The van der Waals surface area contributed by atoms with Gasteiger partial charge in [0.25, 0.3) is 0 Å². The average molecular weight is 236 g/mol. The number of nitrogens with two attached hydrogens (primary N) is 1. The van der Waals surface area contributed by atoms with Gasteiger partial charge >= 0.3 is 0 Å². The molecule has 0 bridgehead atoms. The summed E-state index contributed by atoms with van der Waals surface area (Å²) in [6, 6.07) is 0.605. The zero-order valence-electron chi connectivity index (χ0n) is 11.4. The monoisotopic (exact) mass is 236 g/mol. The van der Waals surface area contributed by atoms with Crippen molar-refractivity contribution in [3.8, 4) is 0 Å². The molecule has 0 heterocycles. The van der Waals surface area contributed by atoms with E-state index in [0.29, 0.717) is 6.04 Å². The van der Waals surface area contributed by atoms with Crippen molar-refractivity contribution in [1.29, 1.82) is 0 Å². The van der Waals surface area contributed by atoms with Crippen LogP contribution in [0.1, 0.15) is 52.4 Å². The minimum absolute atomic E-state index is 0.605. The molecule has 0 amide bonds. The summed E-state index contributed by atoms with van der Waals surface area (Å²) in [4.78, 5) is 0. The van der Waals surface area contributed by atoms with Gasteiger partial charge in [0.15, 0.2) is 0 Å². The largest absolute Gasteiger partial charge is 0.271 e. The molecule has 0 aliphatic heterocycles. The Labute approximate surface area is 106 Å². The van der Waals surface area contributed by atoms with E-state index in [1.807, 2.05) is 0 Å². The first kappa shape index (κ1) is 12.0. The Morgan fingerprint density at radius 2 is 1.35 bits per heavy atom. The molecule has 98 valence electrons. The van der Waals surface area contributed by atoms with Crippen molar-refractivity contribution in [2.75, 3.05) is 0 Å². The normalized spacial score (nSPS) is 51.0. The van der Waals surface area contributed by atoms with Crippen molar-refractivity contribution in [3.05, 3.63) is 0 Å². The lowest BCUT2D eigenvalue weighted by molar-refractivity contribution is 0.140. The van der Waals surface area contributed by atoms with E-state index in [1.165, 1.54) is 38.5 Å². The zero-order chi connectivity index (χ0) is 12.0. The maximum Gasteiger partial charge on any atom is 0.0267 e. The van der Waals surface area contributed by atoms with Crippen LogP contribution in [-0.4, -0.2) is 6.04 Å². The summed E-state index contributed by atoms with van der Waals surface area (Å²) in [5.74, 6) is 11.6. The first-order valence-electron chi connectivity index (χ1n) is 7.63. The molecule has 2 heteroatoms. The minimum atomic E-state index is 0.605. The van der Waals surface area contributed by atoms with Gasteiger partial charge in [-0.25, -0.2) is 0 Å². The summed E-state index contributed by atoms with van der Waals surface area (Å²) in [5, 5.41) is 0. The lowest BCUT2D eigenvalue weighted by Crippen LogP contribution is -2.47. The molecule has 0 saturated heterocycles. The molecule has 0 aromatic rings. The highest BCUT2D eigenvalue weighted by molar-refractivity contribution is 5.00. The third kappa shape index (κ3) is 2.39. The molecule has 17 heavy (non-hydrogen) atoms. The average Bonchev–Trinajstić information content (AvgIpc) is 2.86. The topological polar surface area (TPSA) is 38.0 Å². The number of hydrogen-bond donors (Lipinski definition) is 2. The van der Waals surface area contributed by atoms with Gasteiger partial charge in [0.1, 0.15) is 0 Å². The van der Waals surface area contributed by atoms with Gasteiger partial charge in [0.05, 0.1) is 0 Å². The number of fused-ring (bicyclic) bond motifs is 1. The van der Waals surface area contributed by atoms with E-state index in [2.05, 4.69) is 19.3 Å². The highest BCUT2D eigenvalue weighted by Gasteiger charge is 2.49. The van der Waals surface area contributed by atoms with Gasteiger partial charge in [-0.2, -0.15) is 0 Å². The molecule has 0 aromatic heterocycles. The van der Waals surface area contributed by atoms with Crippen molar-refractivity contribution in [2.45, 2.75) is 58.4 Å². The van der Waals surface area contributed by atoms with Gasteiger partial charge in [-0.15, -0.1) is 0 Å². The van der Waals surface area contributed by atoms with E-state index in [0.717, 1.165) is 35.5 Å². The molecular weight excluding hydrogens is 208 g/mol. The third-order valence-electron chi connectivity index (χ3n) is 5.70. The van der Waals surface area contributed by atoms with Crippen LogP contribution in [0, 0.1) is 35.5 Å². The fraction of sp³-hybridized carbons (Fsp3) is 1.00. The second kappa shape index (κ2) is 4.55. The molecule has 3 fully saturated rings. The molecule has 3 saturated carbocycles. The molecule has 0 radical (unpaired) electrons. The highest BCUT2D eigenvalue weighted by Crippen LogP contribution is 2.56. The fourth-order valence-corrected chi connectivity index (χ4v) is 5.01. The van der Waals surface area contributed by atoms with E-state index in [1.54, 1.807) is 0 Å². The zero-order valence-corrected chi connectivity index (χ0v) is 11.4. The van der Waals surface area contributed by atoms with Crippen LogP contribution in [0.2, 0.25) is 0 Å². The Balaban J connectivity index is 1.63. The van der Waals surface area contributed by atoms with Crippen molar-refractivity contribution in [1.82, 2.24) is 5.43 Å². The summed E-state index contributed by atoms with van der Waals surface area (Å²) in [6.07, 6.45) is 8.64. The maximum atomic E-state index is 5.88. The molecule has 5 unspecified atom stereocenters. The Hall–Kier alpha value is -0.0800. The number of rotatable bonds is 3. The predicted octanol–water partition coefficient (Wildman–Crippen LogP) is 2.94. The lowest BCUT2D eigenvalue weighted by Gasteiger charge is -2.39. The SMILES string of the molecule is CC1CC(C)CC(C(NN)C2CC3CC3C2)C1. The van der Waals surface area contributed by atoms with Crippen LogP contribution in [0.4, 0.5) is 0 Å². The van der Waals surface area contributed by atoms with Crippen molar-refractivity contribution >= 4 is 0 Å². The molecule has 3 rings (SSSR count).